The van der Waals surface area contributed by atoms with Gasteiger partial charge in [0.2, 0.25) is 0 Å². The smallest absolute Gasteiger partial charge is 0.347 e. The average molecular weight is 743 g/mol. The van der Waals surface area contributed by atoms with E-state index in [1.165, 1.54) is 13.0 Å². The molecule has 0 saturated heterocycles. The zero-order valence-electron chi connectivity index (χ0n) is 31.6. The van der Waals surface area contributed by atoms with Crippen molar-refractivity contribution < 1.29 is 47.7 Å². The molecular weight excluding hydrogens is 700 g/mol. The minimum absolute atomic E-state index is 0.0322. The molecule has 10 heteroatoms. The highest BCUT2D eigenvalue weighted by molar-refractivity contribution is 5.88. The van der Waals surface area contributed by atoms with Crippen LogP contribution >= 0.6 is 0 Å². The summed E-state index contributed by atoms with van der Waals surface area (Å²) >= 11 is 0. The molecule has 0 aromatic rings. The lowest BCUT2D eigenvalue weighted by atomic mass is 10.3. The first-order valence-electron chi connectivity index (χ1n) is 15.9. The molecule has 55 heavy (non-hydrogen) atoms. The molecule has 0 atom stereocenters. The molecule has 0 radical (unpaired) electrons. The number of rotatable bonds is 14. The van der Waals surface area contributed by atoms with Gasteiger partial charge in [-0.25, -0.2) is 24.0 Å². The molecule has 0 unspecified atom stereocenters. The molecular formula is C45H42O10. The van der Waals surface area contributed by atoms with E-state index >= 15 is 0 Å². The monoisotopic (exact) mass is 742 g/mol. The van der Waals surface area contributed by atoms with E-state index in [1.807, 2.05) is 6.92 Å². The van der Waals surface area contributed by atoms with Gasteiger partial charge in [-0.05, 0) is 74.1 Å². The van der Waals surface area contributed by atoms with Gasteiger partial charge in [0.1, 0.15) is 19.3 Å². The summed E-state index contributed by atoms with van der Waals surface area (Å²) in [6.45, 7) is 24.9. The van der Waals surface area contributed by atoms with Crippen LogP contribution < -0.4 is 0 Å². The Morgan fingerprint density at radius 1 is 0.491 bits per heavy atom. The number of hydrogen-bond donors (Lipinski definition) is 0. The van der Waals surface area contributed by atoms with Crippen molar-refractivity contribution in [2.45, 2.75) is 53.4 Å². The van der Waals surface area contributed by atoms with Crippen LogP contribution in [-0.2, 0) is 47.7 Å². The molecule has 282 valence electrons. The van der Waals surface area contributed by atoms with Crippen molar-refractivity contribution in [3.05, 3.63) is 62.3 Å². The van der Waals surface area contributed by atoms with E-state index < -0.39 is 17.9 Å². The van der Waals surface area contributed by atoms with Crippen LogP contribution in [0, 0.1) is 107 Å². The van der Waals surface area contributed by atoms with Crippen molar-refractivity contribution >= 4 is 29.8 Å². The number of unbranched alkanes of at least 4 members (excludes halogenated alkanes) is 2. The van der Waals surface area contributed by atoms with E-state index in [9.17, 15) is 24.0 Å². The number of esters is 5. The molecule has 0 spiro atoms. The Kier molecular flexibility index (Phi) is 43.2. The normalized spacial score (nSPS) is 7.04. The van der Waals surface area contributed by atoms with E-state index in [1.54, 1.807) is 6.92 Å². The lowest BCUT2D eigenvalue weighted by molar-refractivity contribution is -0.146. The van der Waals surface area contributed by atoms with Gasteiger partial charge in [-0.2, -0.15) is 0 Å². The summed E-state index contributed by atoms with van der Waals surface area (Å²) in [4.78, 5) is 52.8. The fourth-order valence-electron chi connectivity index (χ4n) is 1.84. The van der Waals surface area contributed by atoms with Crippen LogP contribution in [0.4, 0.5) is 0 Å². The molecule has 0 bridgehead atoms. The molecule has 0 aliphatic rings. The Bertz CT molecular complexity index is 1890. The van der Waals surface area contributed by atoms with Crippen LogP contribution in [0.15, 0.2) is 62.3 Å². The summed E-state index contributed by atoms with van der Waals surface area (Å²) in [6, 6.07) is 0. The van der Waals surface area contributed by atoms with E-state index in [0.717, 1.165) is 37.8 Å². The van der Waals surface area contributed by atoms with E-state index in [4.69, 9.17) is 11.2 Å². The number of ether oxygens (including phenoxy) is 5. The van der Waals surface area contributed by atoms with Crippen molar-refractivity contribution in [3.8, 4) is 107 Å². The van der Waals surface area contributed by atoms with Crippen molar-refractivity contribution in [1.82, 2.24) is 0 Å². The van der Waals surface area contributed by atoms with E-state index in [-0.39, 0.29) is 30.7 Å². The van der Waals surface area contributed by atoms with Gasteiger partial charge in [-0.15, -0.1) is 6.42 Å². The number of hydrogen-bond acceptors (Lipinski definition) is 10. The molecule has 10 nitrogen and oxygen atoms in total. The molecule has 0 aromatic carbocycles. The molecule has 0 heterocycles. The highest BCUT2D eigenvalue weighted by Gasteiger charge is 2.01. The summed E-state index contributed by atoms with van der Waals surface area (Å²) in [5.41, 5.74) is 0.721. The van der Waals surface area contributed by atoms with E-state index in [0.29, 0.717) is 18.8 Å². The maximum atomic E-state index is 10.9. The molecule has 0 saturated carbocycles. The van der Waals surface area contributed by atoms with Crippen LogP contribution in [0.3, 0.4) is 0 Å². The zero-order valence-corrected chi connectivity index (χ0v) is 31.6. The van der Waals surface area contributed by atoms with Crippen molar-refractivity contribution in [3.63, 3.8) is 0 Å². The largest absolute Gasteiger partial charge is 0.463 e. The van der Waals surface area contributed by atoms with Gasteiger partial charge in [0, 0.05) is 76.7 Å². The number of carbonyl (C=O) groups is 5. The van der Waals surface area contributed by atoms with Gasteiger partial charge in [0.15, 0.2) is 0 Å². The third kappa shape index (κ3) is 50.6. The van der Waals surface area contributed by atoms with Crippen molar-refractivity contribution in [2.75, 3.05) is 26.4 Å². The Balaban J connectivity index is -0.000000350. The highest BCUT2D eigenvalue weighted by atomic mass is 16.6. The molecule has 0 fully saturated rings. The first-order valence-corrected chi connectivity index (χ1v) is 15.9. The first kappa shape index (κ1) is 53.9. The van der Waals surface area contributed by atoms with Crippen LogP contribution in [0.2, 0.25) is 0 Å². The Morgan fingerprint density at radius 2 is 0.800 bits per heavy atom. The second-order valence-electron chi connectivity index (χ2n) is 9.03. The Hall–Kier alpha value is -7.91. The summed E-state index contributed by atoms with van der Waals surface area (Å²) in [5, 5.41) is 0. The highest BCUT2D eigenvalue weighted by Crippen LogP contribution is 1.94. The summed E-state index contributed by atoms with van der Waals surface area (Å²) in [6.07, 6.45) is 14.2. The second kappa shape index (κ2) is 44.1. The van der Waals surface area contributed by atoms with Crippen LogP contribution in [0.25, 0.3) is 0 Å². The molecule has 0 aliphatic heterocycles. The van der Waals surface area contributed by atoms with Crippen LogP contribution in [0.5, 0.6) is 0 Å². The molecule has 0 rings (SSSR count). The van der Waals surface area contributed by atoms with Gasteiger partial charge in [-0.1, -0.05) is 59.6 Å². The number of carbonyl (C=O) groups excluding carboxylic acids is 5. The van der Waals surface area contributed by atoms with Crippen molar-refractivity contribution in [1.29, 1.82) is 0 Å². The predicted octanol–water partition coefficient (Wildman–Crippen LogP) is 4.59. The van der Waals surface area contributed by atoms with Gasteiger partial charge in [0.25, 0.3) is 0 Å². The standard InChI is InChI=1S/C22H6O2.C8H10O4.C8H14O2.C7H12O2/c1-4-5-6-7-8-9-10-11-12-13-14-15-16-17-18-19-20-24-22(23)21(2)3;1-3-7(9)11-5-6-12-8(10)4-2;1-4-5-6-10-8(9)7(2)3;1-3-5-6-9-7(8)4-2/h1H,2H2,3H3;3-4H,1-2,5-6H2;2,4-6H2,1,3H3;4H,2-3,5-6H2,1H3. The molecule has 0 N–H and O–H groups in total. The summed E-state index contributed by atoms with van der Waals surface area (Å²) < 4.78 is 23.0. The van der Waals surface area contributed by atoms with Gasteiger partial charge in [0.05, 0.1) is 13.2 Å². The molecule has 0 amide bonds. The van der Waals surface area contributed by atoms with Crippen LogP contribution in [0.1, 0.15) is 53.4 Å². The SMILES string of the molecule is C#CC#CC#CC#CC#CC#CC#CC#CC#COC(=O)C(=C)C.C=C(C)C(=O)OCCCC.C=CC(=O)OCCCC.C=CC(=O)OCCOC(=O)C=C. The quantitative estimate of drug-likeness (QED) is 0.0819. The average Bonchev–Trinajstić information content (AvgIpc) is 3.18. The third-order valence-electron chi connectivity index (χ3n) is 4.38. The Morgan fingerprint density at radius 3 is 1.11 bits per heavy atom. The third-order valence-corrected chi connectivity index (χ3v) is 4.38. The zero-order chi connectivity index (χ0) is 42.4. The van der Waals surface area contributed by atoms with Gasteiger partial charge >= 0.3 is 29.8 Å². The van der Waals surface area contributed by atoms with Crippen molar-refractivity contribution in [2.24, 2.45) is 0 Å². The molecule has 0 aliphatic carbocycles. The van der Waals surface area contributed by atoms with Crippen LogP contribution in [-0.4, -0.2) is 56.3 Å². The van der Waals surface area contributed by atoms with Gasteiger partial charge in [-0.3, -0.25) is 0 Å². The lowest BCUT2D eigenvalue weighted by Gasteiger charge is -2.01. The Labute approximate surface area is 326 Å². The predicted molar refractivity (Wildman–Crippen MR) is 211 cm³/mol. The maximum absolute atomic E-state index is 10.9. The minimum Gasteiger partial charge on any atom is -0.463 e. The summed E-state index contributed by atoms with van der Waals surface area (Å²) in [5.74, 6) is 36.0. The fourth-order valence-corrected chi connectivity index (χ4v) is 1.84. The second-order valence-corrected chi connectivity index (χ2v) is 9.03. The number of terminal acetylenes is 1. The van der Waals surface area contributed by atoms with E-state index in [2.05, 4.69) is 160 Å². The topological polar surface area (TPSA) is 132 Å². The maximum Gasteiger partial charge on any atom is 0.347 e. The molecule has 0 aromatic heterocycles. The van der Waals surface area contributed by atoms with Gasteiger partial charge < -0.3 is 23.7 Å². The minimum atomic E-state index is -0.602. The fraction of sp³-hybridized carbons (Fsp3) is 0.267. The first-order chi connectivity index (χ1) is 26.4. The summed E-state index contributed by atoms with van der Waals surface area (Å²) in [7, 11) is 0. The lowest BCUT2D eigenvalue weighted by Crippen LogP contribution is -2.10.